The molecule has 0 radical (unpaired) electrons. The molecule has 2 aliphatic rings. The van der Waals surface area contributed by atoms with Crippen molar-refractivity contribution in [3.05, 3.63) is 58.9 Å². The first kappa shape index (κ1) is 24.3. The lowest BCUT2D eigenvalue weighted by Crippen LogP contribution is -2.38. The van der Waals surface area contributed by atoms with Crippen LogP contribution in [0.2, 0.25) is 0 Å². The Morgan fingerprint density at radius 2 is 1.81 bits per heavy atom. The second kappa shape index (κ2) is 10.3. The van der Waals surface area contributed by atoms with Gasteiger partial charge in [0.1, 0.15) is 5.82 Å². The summed E-state index contributed by atoms with van der Waals surface area (Å²) in [6.07, 6.45) is 3.15. The maximum absolute atomic E-state index is 13.7. The summed E-state index contributed by atoms with van der Waals surface area (Å²) in [6.45, 7) is 7.18. The number of nitrogens with one attached hydrogen (secondary N) is 2. The summed E-state index contributed by atoms with van der Waals surface area (Å²) in [6, 6.07) is 12.8. The molecule has 0 unspecified atom stereocenters. The van der Waals surface area contributed by atoms with E-state index in [4.69, 9.17) is 4.74 Å². The van der Waals surface area contributed by atoms with E-state index in [0.717, 1.165) is 79.3 Å². The molecule has 190 valence electrons. The molecule has 1 aromatic heterocycles. The first-order chi connectivity index (χ1) is 17.5. The maximum atomic E-state index is 13.7. The number of hydrogen-bond donors (Lipinski definition) is 2. The number of amides is 1. The molecular formula is C28H36N6O2. The molecule has 5 rings (SSSR count). The van der Waals surface area contributed by atoms with E-state index in [1.807, 2.05) is 31.9 Å². The lowest BCUT2D eigenvalue weighted by Gasteiger charge is -2.33. The highest BCUT2D eigenvalue weighted by Crippen LogP contribution is 2.36. The number of piperidine rings is 1. The van der Waals surface area contributed by atoms with Crippen molar-refractivity contribution in [1.29, 1.82) is 0 Å². The SMILES string of the molecule is CNc1ccc(C2CCN(C(=O)c3cc(-c4nnc(C)[nH]4)c(N4CC[C@H](OC)C4)cc3C)CC2)cc1. The number of rotatable bonds is 6. The van der Waals surface area contributed by atoms with Crippen LogP contribution in [0.15, 0.2) is 36.4 Å². The lowest BCUT2D eigenvalue weighted by atomic mass is 9.89. The van der Waals surface area contributed by atoms with Crippen LogP contribution >= 0.6 is 0 Å². The van der Waals surface area contributed by atoms with Crippen LogP contribution < -0.4 is 10.2 Å². The molecule has 3 heterocycles. The number of carbonyl (C=O) groups is 1. The Morgan fingerprint density at radius 1 is 1.06 bits per heavy atom. The van der Waals surface area contributed by atoms with Crippen molar-refractivity contribution in [2.45, 2.75) is 45.1 Å². The number of benzene rings is 2. The van der Waals surface area contributed by atoms with Crippen LogP contribution in [0.25, 0.3) is 11.4 Å². The summed E-state index contributed by atoms with van der Waals surface area (Å²) < 4.78 is 5.59. The number of ether oxygens (including phenoxy) is 1. The molecule has 8 heteroatoms. The first-order valence-corrected chi connectivity index (χ1v) is 12.9. The number of nitrogens with zero attached hydrogens (tertiary/aromatic N) is 4. The number of hydrogen-bond acceptors (Lipinski definition) is 6. The molecule has 2 fully saturated rings. The Bertz CT molecular complexity index is 1210. The molecule has 3 aromatic rings. The number of carbonyl (C=O) groups excluding carboxylic acids is 1. The molecule has 8 nitrogen and oxygen atoms in total. The first-order valence-electron chi connectivity index (χ1n) is 12.9. The highest BCUT2D eigenvalue weighted by molar-refractivity contribution is 5.98. The van der Waals surface area contributed by atoms with Crippen LogP contribution in [0.5, 0.6) is 0 Å². The number of H-pyrrole nitrogens is 1. The van der Waals surface area contributed by atoms with Gasteiger partial charge in [0.2, 0.25) is 0 Å². The van der Waals surface area contributed by atoms with Crippen molar-refractivity contribution in [2.24, 2.45) is 0 Å². The van der Waals surface area contributed by atoms with Crippen molar-refractivity contribution in [2.75, 3.05) is 50.6 Å². The van der Waals surface area contributed by atoms with Crippen LogP contribution in [-0.2, 0) is 4.74 Å². The molecule has 36 heavy (non-hydrogen) atoms. The number of aromatic amines is 1. The fourth-order valence-electron chi connectivity index (χ4n) is 5.49. The van der Waals surface area contributed by atoms with Crippen LogP contribution in [0.4, 0.5) is 11.4 Å². The Kier molecular flexibility index (Phi) is 6.96. The van der Waals surface area contributed by atoms with Gasteiger partial charge in [-0.2, -0.15) is 0 Å². The van der Waals surface area contributed by atoms with Crippen molar-refractivity contribution < 1.29 is 9.53 Å². The van der Waals surface area contributed by atoms with Crippen LogP contribution in [0, 0.1) is 13.8 Å². The molecule has 1 amide bonds. The van der Waals surface area contributed by atoms with Crippen LogP contribution in [0.1, 0.15) is 52.5 Å². The van der Waals surface area contributed by atoms with E-state index in [-0.39, 0.29) is 12.0 Å². The minimum Gasteiger partial charge on any atom is -0.388 e. The second-order valence-electron chi connectivity index (χ2n) is 9.97. The highest BCUT2D eigenvalue weighted by Gasteiger charge is 2.29. The number of aryl methyl sites for hydroxylation is 2. The molecular weight excluding hydrogens is 452 g/mol. The van der Waals surface area contributed by atoms with Gasteiger partial charge >= 0.3 is 0 Å². The molecule has 0 aliphatic carbocycles. The van der Waals surface area contributed by atoms with E-state index in [1.165, 1.54) is 5.56 Å². The van der Waals surface area contributed by atoms with Gasteiger partial charge in [-0.15, -0.1) is 10.2 Å². The largest absolute Gasteiger partial charge is 0.388 e. The third-order valence-electron chi connectivity index (χ3n) is 7.70. The van der Waals surface area contributed by atoms with Gasteiger partial charge in [0, 0.05) is 62.8 Å². The third kappa shape index (κ3) is 4.82. The van der Waals surface area contributed by atoms with E-state index in [1.54, 1.807) is 7.11 Å². The maximum Gasteiger partial charge on any atom is 0.254 e. The summed E-state index contributed by atoms with van der Waals surface area (Å²) in [7, 11) is 3.70. The van der Waals surface area contributed by atoms with Crippen molar-refractivity contribution >= 4 is 17.3 Å². The van der Waals surface area contributed by atoms with Crippen molar-refractivity contribution in [1.82, 2.24) is 20.1 Å². The fourth-order valence-corrected chi connectivity index (χ4v) is 5.49. The molecule has 2 N–H and O–H groups in total. The van der Waals surface area contributed by atoms with Crippen molar-refractivity contribution in [3.8, 4) is 11.4 Å². The second-order valence-corrected chi connectivity index (χ2v) is 9.97. The number of aromatic nitrogens is 3. The van der Waals surface area contributed by atoms with E-state index in [2.05, 4.69) is 55.7 Å². The minimum absolute atomic E-state index is 0.0942. The smallest absolute Gasteiger partial charge is 0.254 e. The Balaban J connectivity index is 1.37. The van der Waals surface area contributed by atoms with E-state index in [9.17, 15) is 4.79 Å². The van der Waals surface area contributed by atoms with E-state index < -0.39 is 0 Å². The molecule has 1 atom stereocenters. The van der Waals surface area contributed by atoms with Gasteiger partial charge in [-0.05, 0) is 74.4 Å². The van der Waals surface area contributed by atoms with Crippen molar-refractivity contribution in [3.63, 3.8) is 0 Å². The third-order valence-corrected chi connectivity index (χ3v) is 7.70. The molecule has 2 saturated heterocycles. The zero-order valence-electron chi connectivity index (χ0n) is 21.7. The standard InChI is InChI=1S/C28H36N6O2/c1-18-15-26(34-14-11-23(17-34)36-4)25(27-30-19(2)31-32-27)16-24(18)28(35)33-12-9-21(10-13-33)20-5-7-22(29-3)8-6-20/h5-8,15-16,21,23,29H,9-14,17H2,1-4H3,(H,30,31,32)/t23-/m0/s1. The Morgan fingerprint density at radius 3 is 2.42 bits per heavy atom. The summed E-state index contributed by atoms with van der Waals surface area (Å²) in [4.78, 5) is 21.3. The summed E-state index contributed by atoms with van der Waals surface area (Å²) in [5, 5.41) is 11.7. The van der Waals surface area contributed by atoms with Crippen LogP contribution in [-0.4, -0.2) is 72.4 Å². The van der Waals surface area contributed by atoms with Crippen LogP contribution in [0.3, 0.4) is 0 Å². The topological polar surface area (TPSA) is 86.4 Å². The van der Waals surface area contributed by atoms with Gasteiger partial charge in [0.05, 0.1) is 6.10 Å². The monoisotopic (exact) mass is 488 g/mol. The normalized spacial score (nSPS) is 18.6. The number of anilines is 2. The average Bonchev–Trinajstić information content (AvgIpc) is 3.57. The molecule has 2 aliphatic heterocycles. The van der Waals surface area contributed by atoms with Gasteiger partial charge in [-0.1, -0.05) is 12.1 Å². The van der Waals surface area contributed by atoms with E-state index in [0.29, 0.717) is 11.7 Å². The predicted molar refractivity (Wildman–Crippen MR) is 143 cm³/mol. The fraction of sp³-hybridized carbons (Fsp3) is 0.464. The zero-order chi connectivity index (χ0) is 25.2. The van der Waals surface area contributed by atoms with Gasteiger partial charge in [0.15, 0.2) is 5.82 Å². The molecule has 0 saturated carbocycles. The Hall–Kier alpha value is -3.39. The highest BCUT2D eigenvalue weighted by atomic mass is 16.5. The zero-order valence-corrected chi connectivity index (χ0v) is 21.7. The van der Waals surface area contributed by atoms with Gasteiger partial charge in [0.25, 0.3) is 5.91 Å². The summed E-state index contributed by atoms with van der Waals surface area (Å²) >= 11 is 0. The quantitative estimate of drug-likeness (QED) is 0.536. The Labute approximate surface area is 213 Å². The summed E-state index contributed by atoms with van der Waals surface area (Å²) in [5.41, 5.74) is 6.19. The average molecular weight is 489 g/mol. The van der Waals surface area contributed by atoms with Gasteiger partial charge in [-0.25, -0.2) is 0 Å². The molecule has 2 aromatic carbocycles. The number of likely N-dealkylation sites (tertiary alicyclic amines) is 1. The molecule has 0 bridgehead atoms. The number of methoxy groups -OCH3 is 1. The summed E-state index contributed by atoms with van der Waals surface area (Å²) in [5.74, 6) is 2.03. The van der Waals surface area contributed by atoms with Gasteiger partial charge in [-0.3, -0.25) is 4.79 Å². The predicted octanol–water partition coefficient (Wildman–Crippen LogP) is 4.38. The molecule has 0 spiro atoms. The van der Waals surface area contributed by atoms with Gasteiger partial charge < -0.3 is 24.8 Å². The van der Waals surface area contributed by atoms with E-state index >= 15 is 0 Å². The minimum atomic E-state index is 0.0942. The lowest BCUT2D eigenvalue weighted by molar-refractivity contribution is 0.0712.